The molecule has 0 bridgehead atoms. The minimum absolute atomic E-state index is 0.0727. The van der Waals surface area contributed by atoms with Gasteiger partial charge in [-0.2, -0.15) is 10.2 Å². The molecule has 2 aromatic heterocycles. The van der Waals surface area contributed by atoms with Crippen LogP contribution in [0.25, 0.3) is 0 Å². The average Bonchev–Trinajstić information content (AvgIpc) is 3.14. The Morgan fingerprint density at radius 1 is 1.33 bits per heavy atom. The monoisotopic (exact) mass is 328 g/mol. The standard InChI is InChI=1S/C17H24N6O/c1-2-23-10-7-14(21-23)17(24)18-13-5-8-22(9-6-13)16-11-15(19-20-16)12-3-4-12/h7,10-13H,2-6,8-9H2,1H3,(H,18,24)(H,19,20). The lowest BCUT2D eigenvalue weighted by molar-refractivity contribution is 0.0925. The highest BCUT2D eigenvalue weighted by Gasteiger charge is 2.28. The van der Waals surface area contributed by atoms with Crippen LogP contribution in [0.1, 0.15) is 54.7 Å². The molecule has 1 aliphatic heterocycles. The lowest BCUT2D eigenvalue weighted by Gasteiger charge is -2.32. The number of amides is 1. The Bertz CT molecular complexity index is 708. The minimum Gasteiger partial charge on any atom is -0.355 e. The molecular weight excluding hydrogens is 304 g/mol. The molecule has 3 heterocycles. The maximum absolute atomic E-state index is 12.3. The third kappa shape index (κ3) is 3.16. The molecule has 1 aliphatic carbocycles. The number of aromatic amines is 1. The van der Waals surface area contributed by atoms with Crippen LogP contribution in [-0.2, 0) is 6.54 Å². The van der Waals surface area contributed by atoms with Gasteiger partial charge in [0.15, 0.2) is 5.82 Å². The fourth-order valence-corrected chi connectivity index (χ4v) is 3.26. The maximum Gasteiger partial charge on any atom is 0.271 e. The lowest BCUT2D eigenvalue weighted by Crippen LogP contribution is -2.45. The van der Waals surface area contributed by atoms with Gasteiger partial charge in [-0.05, 0) is 38.7 Å². The highest BCUT2D eigenvalue weighted by molar-refractivity contribution is 5.92. The molecule has 7 nitrogen and oxygen atoms in total. The summed E-state index contributed by atoms with van der Waals surface area (Å²) in [7, 11) is 0. The molecule has 1 saturated carbocycles. The van der Waals surface area contributed by atoms with E-state index in [1.165, 1.54) is 18.5 Å². The Kier molecular flexibility index (Phi) is 4.00. The molecular formula is C17H24N6O. The Morgan fingerprint density at radius 2 is 2.12 bits per heavy atom. The van der Waals surface area contributed by atoms with Gasteiger partial charge in [-0.3, -0.25) is 14.6 Å². The number of carbonyl (C=O) groups is 1. The molecule has 2 aliphatic rings. The average molecular weight is 328 g/mol. The number of nitrogens with one attached hydrogen (secondary N) is 2. The zero-order chi connectivity index (χ0) is 16.5. The van der Waals surface area contributed by atoms with Gasteiger partial charge in [0.05, 0.1) is 0 Å². The van der Waals surface area contributed by atoms with Gasteiger partial charge < -0.3 is 10.2 Å². The molecule has 2 aromatic rings. The normalized spacial score (nSPS) is 18.8. The van der Waals surface area contributed by atoms with E-state index >= 15 is 0 Å². The molecule has 4 rings (SSSR count). The number of hydrogen-bond acceptors (Lipinski definition) is 4. The maximum atomic E-state index is 12.3. The Morgan fingerprint density at radius 3 is 2.79 bits per heavy atom. The van der Waals surface area contributed by atoms with E-state index < -0.39 is 0 Å². The first-order chi connectivity index (χ1) is 11.7. The van der Waals surface area contributed by atoms with Crippen molar-refractivity contribution >= 4 is 11.7 Å². The molecule has 0 atom stereocenters. The number of aryl methyl sites for hydroxylation is 1. The molecule has 128 valence electrons. The topological polar surface area (TPSA) is 78.8 Å². The summed E-state index contributed by atoms with van der Waals surface area (Å²) in [5.74, 6) is 1.67. The summed E-state index contributed by atoms with van der Waals surface area (Å²) in [5, 5.41) is 15.0. The zero-order valence-corrected chi connectivity index (χ0v) is 14.0. The summed E-state index contributed by atoms with van der Waals surface area (Å²) in [6, 6.07) is 4.17. The predicted molar refractivity (Wildman–Crippen MR) is 91.2 cm³/mol. The molecule has 2 fully saturated rings. The van der Waals surface area contributed by atoms with Crippen LogP contribution in [0.3, 0.4) is 0 Å². The van der Waals surface area contributed by atoms with E-state index in [-0.39, 0.29) is 11.9 Å². The van der Waals surface area contributed by atoms with Gasteiger partial charge in [-0.15, -0.1) is 0 Å². The largest absolute Gasteiger partial charge is 0.355 e. The zero-order valence-electron chi connectivity index (χ0n) is 14.0. The van der Waals surface area contributed by atoms with Crippen molar-refractivity contribution in [3.63, 3.8) is 0 Å². The summed E-state index contributed by atoms with van der Waals surface area (Å²) in [4.78, 5) is 14.6. The first-order valence-electron chi connectivity index (χ1n) is 8.87. The van der Waals surface area contributed by atoms with Crippen LogP contribution in [0.5, 0.6) is 0 Å². The SMILES string of the molecule is CCn1ccc(C(=O)NC2CCN(c3cc(C4CC4)[nH]n3)CC2)n1. The number of H-pyrrole nitrogens is 1. The number of carbonyl (C=O) groups excluding carboxylic acids is 1. The highest BCUT2D eigenvalue weighted by Crippen LogP contribution is 2.40. The van der Waals surface area contributed by atoms with Gasteiger partial charge in [-0.1, -0.05) is 0 Å². The van der Waals surface area contributed by atoms with Crippen molar-refractivity contribution in [3.8, 4) is 0 Å². The molecule has 1 amide bonds. The fraction of sp³-hybridized carbons (Fsp3) is 0.588. The number of rotatable bonds is 5. The molecule has 0 unspecified atom stereocenters. The van der Waals surface area contributed by atoms with Crippen molar-refractivity contribution in [1.29, 1.82) is 0 Å². The van der Waals surface area contributed by atoms with E-state index in [2.05, 4.69) is 31.6 Å². The van der Waals surface area contributed by atoms with Gasteiger partial charge in [0.25, 0.3) is 5.91 Å². The van der Waals surface area contributed by atoms with E-state index in [1.807, 2.05) is 13.1 Å². The first kappa shape index (κ1) is 15.2. The van der Waals surface area contributed by atoms with Crippen molar-refractivity contribution in [2.45, 2.75) is 51.1 Å². The number of anilines is 1. The van der Waals surface area contributed by atoms with Crippen molar-refractivity contribution in [3.05, 3.63) is 29.7 Å². The van der Waals surface area contributed by atoms with Crippen molar-refractivity contribution in [2.24, 2.45) is 0 Å². The number of aromatic nitrogens is 4. The van der Waals surface area contributed by atoms with E-state index in [4.69, 9.17) is 0 Å². The predicted octanol–water partition coefficient (Wildman–Crippen LogP) is 1.90. The van der Waals surface area contributed by atoms with Crippen LogP contribution in [0, 0.1) is 0 Å². The van der Waals surface area contributed by atoms with Crippen LogP contribution in [0.15, 0.2) is 18.3 Å². The second kappa shape index (κ2) is 6.30. The molecule has 0 spiro atoms. The highest BCUT2D eigenvalue weighted by atomic mass is 16.2. The first-order valence-corrected chi connectivity index (χ1v) is 8.87. The molecule has 7 heteroatoms. The Hall–Kier alpha value is -2.31. The van der Waals surface area contributed by atoms with Crippen LogP contribution < -0.4 is 10.2 Å². The third-order valence-corrected chi connectivity index (χ3v) is 4.95. The second-order valence-corrected chi connectivity index (χ2v) is 6.75. The molecule has 0 aromatic carbocycles. The van der Waals surface area contributed by atoms with Gasteiger partial charge in [-0.25, -0.2) is 0 Å². The van der Waals surface area contributed by atoms with Crippen LogP contribution >= 0.6 is 0 Å². The number of nitrogens with zero attached hydrogens (tertiary/aromatic N) is 4. The Labute approximate surface area is 141 Å². The third-order valence-electron chi connectivity index (χ3n) is 4.95. The van der Waals surface area contributed by atoms with Crippen molar-refractivity contribution < 1.29 is 4.79 Å². The quantitative estimate of drug-likeness (QED) is 0.879. The number of piperidine rings is 1. The second-order valence-electron chi connectivity index (χ2n) is 6.75. The fourth-order valence-electron chi connectivity index (χ4n) is 3.26. The summed E-state index contributed by atoms with van der Waals surface area (Å²) < 4.78 is 1.77. The molecule has 0 radical (unpaired) electrons. The van der Waals surface area contributed by atoms with Crippen LogP contribution in [0.4, 0.5) is 5.82 Å². The van der Waals surface area contributed by atoms with Gasteiger partial charge in [0.2, 0.25) is 0 Å². The minimum atomic E-state index is -0.0727. The van der Waals surface area contributed by atoms with Gasteiger partial charge in [0.1, 0.15) is 5.69 Å². The summed E-state index contributed by atoms with van der Waals surface area (Å²) >= 11 is 0. The van der Waals surface area contributed by atoms with Crippen LogP contribution in [-0.4, -0.2) is 45.0 Å². The van der Waals surface area contributed by atoms with Gasteiger partial charge >= 0.3 is 0 Å². The van der Waals surface area contributed by atoms with Gasteiger partial charge in [0, 0.05) is 49.6 Å². The molecule has 1 saturated heterocycles. The van der Waals surface area contributed by atoms with Crippen LogP contribution in [0.2, 0.25) is 0 Å². The Balaban J connectivity index is 1.29. The summed E-state index contributed by atoms with van der Waals surface area (Å²) in [6.45, 7) is 4.62. The van der Waals surface area contributed by atoms with E-state index in [1.54, 1.807) is 10.7 Å². The smallest absolute Gasteiger partial charge is 0.271 e. The molecule has 2 N–H and O–H groups in total. The van der Waals surface area contributed by atoms with E-state index in [0.29, 0.717) is 11.6 Å². The molecule has 24 heavy (non-hydrogen) atoms. The van der Waals surface area contributed by atoms with Crippen molar-refractivity contribution in [2.75, 3.05) is 18.0 Å². The number of hydrogen-bond donors (Lipinski definition) is 2. The summed E-state index contributed by atoms with van der Waals surface area (Å²) in [6.07, 6.45) is 6.28. The van der Waals surface area contributed by atoms with Crippen molar-refractivity contribution in [1.82, 2.24) is 25.3 Å². The lowest BCUT2D eigenvalue weighted by atomic mass is 10.0. The van der Waals surface area contributed by atoms with E-state index in [0.717, 1.165) is 38.3 Å². The van der Waals surface area contributed by atoms with E-state index in [9.17, 15) is 4.79 Å². The summed E-state index contributed by atoms with van der Waals surface area (Å²) in [5.41, 5.74) is 1.77.